The van der Waals surface area contributed by atoms with Crippen LogP contribution in [0.4, 0.5) is 0 Å². The highest BCUT2D eigenvalue weighted by Gasteiger charge is 2.29. The fraction of sp³-hybridized carbons (Fsp3) is 0.500. The van der Waals surface area contributed by atoms with Gasteiger partial charge in [0.15, 0.2) is 6.29 Å². The second-order valence-corrected chi connectivity index (χ2v) is 3.82. The van der Waals surface area contributed by atoms with Crippen molar-refractivity contribution in [2.75, 3.05) is 13.2 Å². The molecule has 1 heterocycles. The van der Waals surface area contributed by atoms with E-state index in [-0.39, 0.29) is 12.2 Å². The average molecular weight is 208 g/mol. The number of rotatable bonds is 3. The van der Waals surface area contributed by atoms with Gasteiger partial charge in [-0.05, 0) is 5.56 Å². The van der Waals surface area contributed by atoms with E-state index in [0.717, 1.165) is 5.56 Å². The van der Waals surface area contributed by atoms with Gasteiger partial charge in [-0.3, -0.25) is 0 Å². The summed E-state index contributed by atoms with van der Waals surface area (Å²) in [5.74, 6) is -0.0464. The molecule has 0 spiro atoms. The van der Waals surface area contributed by atoms with E-state index in [9.17, 15) is 5.11 Å². The molecule has 15 heavy (non-hydrogen) atoms. The van der Waals surface area contributed by atoms with Crippen LogP contribution >= 0.6 is 0 Å². The molecule has 1 N–H and O–H groups in total. The van der Waals surface area contributed by atoms with Crippen LogP contribution in [0.25, 0.3) is 0 Å². The standard InChI is InChI=1S/C12H16O3/c1-9(12-14-7-8-15-12)11(13)10-5-3-2-4-6-10/h2-6,9,11-13H,7-8H2,1H3. The van der Waals surface area contributed by atoms with Gasteiger partial charge in [-0.2, -0.15) is 0 Å². The minimum Gasteiger partial charge on any atom is -0.388 e. The first-order chi connectivity index (χ1) is 7.29. The predicted octanol–water partition coefficient (Wildman–Crippen LogP) is 1.73. The molecule has 2 atom stereocenters. The van der Waals surface area contributed by atoms with E-state index in [0.29, 0.717) is 13.2 Å². The number of benzene rings is 1. The fourth-order valence-corrected chi connectivity index (χ4v) is 1.78. The van der Waals surface area contributed by atoms with Crippen LogP contribution in [0.3, 0.4) is 0 Å². The Labute approximate surface area is 89.6 Å². The first-order valence-corrected chi connectivity index (χ1v) is 5.25. The smallest absolute Gasteiger partial charge is 0.163 e. The van der Waals surface area contributed by atoms with Crippen LogP contribution in [0, 0.1) is 5.92 Å². The molecule has 0 saturated carbocycles. The quantitative estimate of drug-likeness (QED) is 0.822. The van der Waals surface area contributed by atoms with Gasteiger partial charge in [-0.1, -0.05) is 37.3 Å². The van der Waals surface area contributed by atoms with E-state index in [1.807, 2.05) is 37.3 Å². The fourth-order valence-electron chi connectivity index (χ4n) is 1.78. The van der Waals surface area contributed by atoms with Crippen LogP contribution in [0.2, 0.25) is 0 Å². The highest BCUT2D eigenvalue weighted by molar-refractivity contribution is 5.17. The third kappa shape index (κ3) is 2.37. The van der Waals surface area contributed by atoms with E-state index >= 15 is 0 Å². The summed E-state index contributed by atoms with van der Waals surface area (Å²) < 4.78 is 10.8. The van der Waals surface area contributed by atoms with E-state index in [4.69, 9.17) is 9.47 Å². The molecule has 3 nitrogen and oxygen atoms in total. The van der Waals surface area contributed by atoms with Crippen molar-refractivity contribution < 1.29 is 14.6 Å². The lowest BCUT2D eigenvalue weighted by molar-refractivity contribution is -0.111. The topological polar surface area (TPSA) is 38.7 Å². The van der Waals surface area contributed by atoms with Crippen LogP contribution in [0.1, 0.15) is 18.6 Å². The molecule has 2 unspecified atom stereocenters. The monoisotopic (exact) mass is 208 g/mol. The molecule has 0 amide bonds. The molecule has 3 heteroatoms. The summed E-state index contributed by atoms with van der Waals surface area (Å²) in [6, 6.07) is 9.60. The Balaban J connectivity index is 2.03. The Morgan fingerprint density at radius 2 is 1.80 bits per heavy atom. The van der Waals surface area contributed by atoms with Crippen LogP contribution in [0.5, 0.6) is 0 Å². The first-order valence-electron chi connectivity index (χ1n) is 5.25. The third-order valence-corrected chi connectivity index (χ3v) is 2.72. The Morgan fingerprint density at radius 3 is 2.40 bits per heavy atom. The Morgan fingerprint density at radius 1 is 1.20 bits per heavy atom. The maximum absolute atomic E-state index is 10.1. The molecule has 1 saturated heterocycles. The lowest BCUT2D eigenvalue weighted by Crippen LogP contribution is -2.24. The van der Waals surface area contributed by atoms with Crippen molar-refractivity contribution >= 4 is 0 Å². The molecule has 1 aromatic carbocycles. The SMILES string of the molecule is CC(C1OCCO1)C(O)c1ccccc1. The lowest BCUT2D eigenvalue weighted by Gasteiger charge is -2.23. The van der Waals surface area contributed by atoms with Gasteiger partial charge in [0.05, 0.1) is 19.3 Å². The molecular weight excluding hydrogens is 192 g/mol. The summed E-state index contributed by atoms with van der Waals surface area (Å²) in [6.45, 7) is 3.18. The van der Waals surface area contributed by atoms with Gasteiger partial charge in [-0.25, -0.2) is 0 Å². The first kappa shape index (κ1) is 10.6. The van der Waals surface area contributed by atoms with E-state index < -0.39 is 6.10 Å². The molecule has 0 aliphatic carbocycles. The third-order valence-electron chi connectivity index (χ3n) is 2.72. The molecule has 0 radical (unpaired) electrons. The lowest BCUT2D eigenvalue weighted by atomic mass is 9.97. The van der Waals surface area contributed by atoms with Gasteiger partial charge in [-0.15, -0.1) is 0 Å². The van der Waals surface area contributed by atoms with Crippen LogP contribution < -0.4 is 0 Å². The van der Waals surface area contributed by atoms with Crippen LogP contribution in [-0.4, -0.2) is 24.6 Å². The Hall–Kier alpha value is -0.900. The van der Waals surface area contributed by atoms with Gasteiger partial charge < -0.3 is 14.6 Å². The number of aliphatic hydroxyl groups excluding tert-OH is 1. The molecule has 1 aromatic rings. The second kappa shape index (κ2) is 4.75. The van der Waals surface area contributed by atoms with Crippen molar-refractivity contribution in [2.24, 2.45) is 5.92 Å². The number of hydrogen-bond acceptors (Lipinski definition) is 3. The van der Waals surface area contributed by atoms with Crippen molar-refractivity contribution in [3.8, 4) is 0 Å². The molecule has 1 aliphatic rings. The Kier molecular flexibility index (Phi) is 3.36. The van der Waals surface area contributed by atoms with Gasteiger partial charge in [0.25, 0.3) is 0 Å². The van der Waals surface area contributed by atoms with Crippen molar-refractivity contribution in [2.45, 2.75) is 19.3 Å². The summed E-state index contributed by atoms with van der Waals surface area (Å²) >= 11 is 0. The molecule has 1 aliphatic heterocycles. The van der Waals surface area contributed by atoms with Gasteiger partial charge >= 0.3 is 0 Å². The highest BCUT2D eigenvalue weighted by Crippen LogP contribution is 2.27. The Bertz CT molecular complexity index is 293. The van der Waals surface area contributed by atoms with Crippen molar-refractivity contribution in [3.63, 3.8) is 0 Å². The average Bonchev–Trinajstić information content (AvgIpc) is 2.82. The van der Waals surface area contributed by atoms with Gasteiger partial charge in [0, 0.05) is 5.92 Å². The summed E-state index contributed by atoms with van der Waals surface area (Å²) in [5.41, 5.74) is 0.907. The van der Waals surface area contributed by atoms with Crippen molar-refractivity contribution in [3.05, 3.63) is 35.9 Å². The summed E-state index contributed by atoms with van der Waals surface area (Å²) in [7, 11) is 0. The maximum atomic E-state index is 10.1. The van der Waals surface area contributed by atoms with Crippen molar-refractivity contribution in [1.82, 2.24) is 0 Å². The van der Waals surface area contributed by atoms with E-state index in [1.165, 1.54) is 0 Å². The minimum absolute atomic E-state index is 0.0464. The molecule has 82 valence electrons. The highest BCUT2D eigenvalue weighted by atomic mass is 16.7. The number of aliphatic hydroxyl groups is 1. The molecule has 1 fully saturated rings. The second-order valence-electron chi connectivity index (χ2n) is 3.82. The van der Waals surface area contributed by atoms with E-state index in [1.54, 1.807) is 0 Å². The van der Waals surface area contributed by atoms with Crippen LogP contribution in [0.15, 0.2) is 30.3 Å². The largest absolute Gasteiger partial charge is 0.388 e. The molecule has 0 bridgehead atoms. The van der Waals surface area contributed by atoms with Crippen LogP contribution in [-0.2, 0) is 9.47 Å². The molecular formula is C12H16O3. The zero-order valence-corrected chi connectivity index (χ0v) is 8.80. The molecule has 0 aromatic heterocycles. The number of ether oxygens (including phenoxy) is 2. The van der Waals surface area contributed by atoms with Crippen molar-refractivity contribution in [1.29, 1.82) is 0 Å². The summed E-state index contributed by atoms with van der Waals surface area (Å²) in [4.78, 5) is 0. The summed E-state index contributed by atoms with van der Waals surface area (Å²) in [6.07, 6.45) is -0.811. The normalized spacial score (nSPS) is 21.5. The van der Waals surface area contributed by atoms with Gasteiger partial charge in [0.1, 0.15) is 0 Å². The predicted molar refractivity (Wildman–Crippen MR) is 56.3 cm³/mol. The zero-order valence-electron chi connectivity index (χ0n) is 8.80. The van der Waals surface area contributed by atoms with E-state index in [2.05, 4.69) is 0 Å². The minimum atomic E-state index is -0.533. The maximum Gasteiger partial charge on any atom is 0.163 e. The zero-order chi connectivity index (χ0) is 10.7. The summed E-state index contributed by atoms with van der Waals surface area (Å²) in [5, 5.41) is 10.1. The van der Waals surface area contributed by atoms with Gasteiger partial charge in [0.2, 0.25) is 0 Å². The molecule has 2 rings (SSSR count). The number of hydrogen-bond donors (Lipinski definition) is 1.